The number of hydrogen-bond acceptors (Lipinski definition) is 3. The molecule has 1 N–H and O–H groups in total. The molecule has 0 saturated carbocycles. The first-order chi connectivity index (χ1) is 9.78. The minimum absolute atomic E-state index is 0.315. The average molecular weight is 271 g/mol. The first-order valence-electron chi connectivity index (χ1n) is 7.19. The second-order valence-electron chi connectivity index (χ2n) is 5.49. The molecule has 0 radical (unpaired) electrons. The number of ether oxygens (including phenoxy) is 1. The first-order valence-corrected chi connectivity index (χ1v) is 7.19. The monoisotopic (exact) mass is 271 g/mol. The lowest BCUT2D eigenvalue weighted by Gasteiger charge is -2.21. The van der Waals surface area contributed by atoms with Crippen LogP contribution in [-0.4, -0.2) is 42.9 Å². The molecule has 2 atom stereocenters. The van der Waals surface area contributed by atoms with Crippen molar-refractivity contribution in [1.82, 2.24) is 4.90 Å². The molecule has 2 aromatic rings. The summed E-state index contributed by atoms with van der Waals surface area (Å²) in [6.07, 6.45) is 0.921. The molecule has 1 aliphatic rings. The van der Waals surface area contributed by atoms with E-state index in [-0.39, 0.29) is 0 Å². The van der Waals surface area contributed by atoms with Crippen molar-refractivity contribution < 1.29 is 9.84 Å². The lowest BCUT2D eigenvalue weighted by Crippen LogP contribution is -2.28. The van der Waals surface area contributed by atoms with Crippen LogP contribution < -0.4 is 0 Å². The molecule has 3 heteroatoms. The summed E-state index contributed by atoms with van der Waals surface area (Å²) in [6.45, 7) is 2.59. The van der Waals surface area contributed by atoms with Gasteiger partial charge in [-0.3, -0.25) is 4.90 Å². The van der Waals surface area contributed by atoms with Gasteiger partial charge in [0.25, 0.3) is 0 Å². The molecule has 20 heavy (non-hydrogen) atoms. The van der Waals surface area contributed by atoms with Crippen molar-refractivity contribution in [3.8, 4) is 0 Å². The zero-order valence-corrected chi connectivity index (χ0v) is 11.8. The fourth-order valence-electron chi connectivity index (χ4n) is 3.04. The van der Waals surface area contributed by atoms with Gasteiger partial charge in [0.2, 0.25) is 0 Å². The van der Waals surface area contributed by atoms with Crippen LogP contribution >= 0.6 is 0 Å². The van der Waals surface area contributed by atoms with E-state index in [9.17, 15) is 5.11 Å². The summed E-state index contributed by atoms with van der Waals surface area (Å²) in [7, 11) is 1.76. The van der Waals surface area contributed by atoms with E-state index in [0.717, 1.165) is 30.5 Å². The van der Waals surface area contributed by atoms with Gasteiger partial charge in [0.05, 0.1) is 12.2 Å². The molecule has 0 amide bonds. The predicted molar refractivity (Wildman–Crippen MR) is 80.8 cm³/mol. The number of benzene rings is 2. The van der Waals surface area contributed by atoms with Crippen molar-refractivity contribution in [2.45, 2.75) is 18.6 Å². The summed E-state index contributed by atoms with van der Waals surface area (Å²) < 4.78 is 5.38. The fraction of sp³-hybridized carbons (Fsp3) is 0.412. The zero-order valence-electron chi connectivity index (χ0n) is 11.8. The number of hydrogen-bond donors (Lipinski definition) is 1. The van der Waals surface area contributed by atoms with Crippen LogP contribution in [0.1, 0.15) is 18.1 Å². The molecular weight excluding hydrogens is 250 g/mol. The average Bonchev–Trinajstić information content (AvgIpc) is 2.94. The van der Waals surface area contributed by atoms with Crippen LogP contribution in [0.25, 0.3) is 10.8 Å². The molecule has 3 rings (SSSR count). The highest BCUT2D eigenvalue weighted by Crippen LogP contribution is 2.26. The normalized spacial score (nSPS) is 21.4. The van der Waals surface area contributed by atoms with Gasteiger partial charge in [-0.1, -0.05) is 42.5 Å². The molecule has 2 unspecified atom stereocenters. The highest BCUT2D eigenvalue weighted by molar-refractivity contribution is 5.85. The SMILES string of the molecule is COC1CCN(CC(O)c2cccc3ccccc23)C1. The van der Waals surface area contributed by atoms with E-state index in [2.05, 4.69) is 23.1 Å². The third-order valence-electron chi connectivity index (χ3n) is 4.18. The summed E-state index contributed by atoms with van der Waals surface area (Å²) in [4.78, 5) is 2.28. The lowest BCUT2D eigenvalue weighted by atomic mass is 10.0. The number of nitrogens with zero attached hydrogens (tertiary/aromatic N) is 1. The van der Waals surface area contributed by atoms with E-state index in [1.54, 1.807) is 7.11 Å². The Morgan fingerprint density at radius 3 is 2.85 bits per heavy atom. The smallest absolute Gasteiger partial charge is 0.0922 e. The zero-order chi connectivity index (χ0) is 13.9. The Labute approximate surface area is 119 Å². The molecule has 2 aromatic carbocycles. The Bertz CT molecular complexity index is 579. The maximum atomic E-state index is 10.6. The van der Waals surface area contributed by atoms with Crippen LogP contribution in [0.4, 0.5) is 0 Å². The Kier molecular flexibility index (Phi) is 4.01. The highest BCUT2D eigenvalue weighted by Gasteiger charge is 2.24. The van der Waals surface area contributed by atoms with E-state index >= 15 is 0 Å². The molecule has 3 nitrogen and oxygen atoms in total. The van der Waals surface area contributed by atoms with Gasteiger partial charge in [-0.25, -0.2) is 0 Å². The molecular formula is C17H21NO2. The van der Waals surface area contributed by atoms with Gasteiger partial charge in [-0.15, -0.1) is 0 Å². The summed E-state index contributed by atoms with van der Waals surface area (Å²) in [5, 5.41) is 12.9. The number of rotatable bonds is 4. The molecule has 0 aromatic heterocycles. The van der Waals surface area contributed by atoms with Crippen molar-refractivity contribution in [2.24, 2.45) is 0 Å². The van der Waals surface area contributed by atoms with E-state index in [1.165, 1.54) is 5.39 Å². The molecule has 106 valence electrons. The van der Waals surface area contributed by atoms with Crippen LogP contribution in [0, 0.1) is 0 Å². The summed E-state index contributed by atoms with van der Waals surface area (Å²) in [6, 6.07) is 14.3. The first kappa shape index (κ1) is 13.6. The number of aliphatic hydroxyl groups is 1. The number of fused-ring (bicyclic) bond motifs is 1. The van der Waals surface area contributed by atoms with Crippen LogP contribution in [0.15, 0.2) is 42.5 Å². The van der Waals surface area contributed by atoms with Crippen molar-refractivity contribution in [3.63, 3.8) is 0 Å². The van der Waals surface area contributed by atoms with E-state index < -0.39 is 6.10 Å². The molecule has 1 aliphatic heterocycles. The fourth-order valence-corrected chi connectivity index (χ4v) is 3.04. The molecule has 1 fully saturated rings. The third kappa shape index (κ3) is 2.70. The standard InChI is InChI=1S/C17H21NO2/c1-20-14-9-10-18(11-14)12-17(19)16-8-4-6-13-5-2-3-7-15(13)16/h2-8,14,17,19H,9-12H2,1H3. The molecule has 0 aliphatic carbocycles. The van der Waals surface area contributed by atoms with Crippen LogP contribution in [0.3, 0.4) is 0 Å². The number of likely N-dealkylation sites (tertiary alicyclic amines) is 1. The topological polar surface area (TPSA) is 32.7 Å². The molecule has 1 saturated heterocycles. The second kappa shape index (κ2) is 5.92. The number of aliphatic hydroxyl groups excluding tert-OH is 1. The summed E-state index contributed by atoms with van der Waals surface area (Å²) in [5.74, 6) is 0. The Morgan fingerprint density at radius 1 is 1.25 bits per heavy atom. The summed E-state index contributed by atoms with van der Waals surface area (Å²) >= 11 is 0. The van der Waals surface area contributed by atoms with Gasteiger partial charge in [0, 0.05) is 26.7 Å². The van der Waals surface area contributed by atoms with Crippen molar-refractivity contribution in [3.05, 3.63) is 48.0 Å². The van der Waals surface area contributed by atoms with Gasteiger partial charge >= 0.3 is 0 Å². The molecule has 1 heterocycles. The van der Waals surface area contributed by atoms with Gasteiger partial charge in [-0.05, 0) is 22.8 Å². The van der Waals surface area contributed by atoms with E-state index in [1.807, 2.05) is 24.3 Å². The van der Waals surface area contributed by atoms with E-state index in [4.69, 9.17) is 4.74 Å². The van der Waals surface area contributed by atoms with Crippen molar-refractivity contribution in [1.29, 1.82) is 0 Å². The van der Waals surface area contributed by atoms with Gasteiger partial charge in [-0.2, -0.15) is 0 Å². The summed E-state index contributed by atoms with van der Waals surface area (Å²) in [5.41, 5.74) is 1.02. The third-order valence-corrected chi connectivity index (χ3v) is 4.18. The minimum atomic E-state index is -0.447. The maximum absolute atomic E-state index is 10.6. The van der Waals surface area contributed by atoms with Crippen LogP contribution in [-0.2, 0) is 4.74 Å². The van der Waals surface area contributed by atoms with Crippen LogP contribution in [0.2, 0.25) is 0 Å². The number of β-amino-alcohol motifs (C(OH)–C–C–N with tert-alkyl or cyclic N) is 1. The van der Waals surface area contributed by atoms with Crippen molar-refractivity contribution in [2.75, 3.05) is 26.7 Å². The van der Waals surface area contributed by atoms with E-state index in [0.29, 0.717) is 12.6 Å². The Hall–Kier alpha value is -1.42. The Morgan fingerprint density at radius 2 is 2.05 bits per heavy atom. The Balaban J connectivity index is 1.77. The van der Waals surface area contributed by atoms with Gasteiger partial charge in [0.1, 0.15) is 0 Å². The second-order valence-corrected chi connectivity index (χ2v) is 5.49. The van der Waals surface area contributed by atoms with Gasteiger partial charge in [0.15, 0.2) is 0 Å². The van der Waals surface area contributed by atoms with Crippen LogP contribution in [0.5, 0.6) is 0 Å². The number of methoxy groups -OCH3 is 1. The van der Waals surface area contributed by atoms with Gasteiger partial charge < -0.3 is 9.84 Å². The largest absolute Gasteiger partial charge is 0.387 e. The molecule has 0 bridgehead atoms. The minimum Gasteiger partial charge on any atom is -0.387 e. The lowest BCUT2D eigenvalue weighted by molar-refractivity contribution is 0.0902. The molecule has 0 spiro atoms. The highest BCUT2D eigenvalue weighted by atomic mass is 16.5. The maximum Gasteiger partial charge on any atom is 0.0922 e. The quantitative estimate of drug-likeness (QED) is 0.927. The predicted octanol–water partition coefficient (Wildman–Crippen LogP) is 2.59. The van der Waals surface area contributed by atoms with Crippen molar-refractivity contribution >= 4 is 10.8 Å².